The van der Waals surface area contributed by atoms with Crippen molar-refractivity contribution in [3.8, 4) is 0 Å². The smallest absolute Gasteiger partial charge is 0.0850 e. The molecule has 1 aromatic heterocycles. The number of nitrogens with two attached hydrogens (primary N) is 1. The summed E-state index contributed by atoms with van der Waals surface area (Å²) < 4.78 is 5.64. The molecule has 0 spiro atoms. The average molecular weight is 235 g/mol. The van der Waals surface area contributed by atoms with Crippen molar-refractivity contribution >= 4 is 0 Å². The van der Waals surface area contributed by atoms with Crippen molar-refractivity contribution in [3.05, 3.63) is 30.1 Å². The largest absolute Gasteiger partial charge is 0.374 e. The molecule has 2 heterocycles. The van der Waals surface area contributed by atoms with Crippen LogP contribution in [0.3, 0.4) is 0 Å². The first-order chi connectivity index (χ1) is 8.25. The minimum Gasteiger partial charge on any atom is -0.374 e. The SMILES string of the molecule is CC(N)C1CN(CCc2ccccn2)CCO1. The predicted molar refractivity (Wildman–Crippen MR) is 67.8 cm³/mol. The lowest BCUT2D eigenvalue weighted by Crippen LogP contribution is -2.49. The molecule has 1 aliphatic heterocycles. The Morgan fingerprint density at radius 2 is 2.47 bits per heavy atom. The zero-order valence-corrected chi connectivity index (χ0v) is 10.4. The normalized spacial score (nSPS) is 23.5. The predicted octanol–water partition coefficient (Wildman–Crippen LogP) is 0.672. The second-order valence-electron chi connectivity index (χ2n) is 4.64. The fourth-order valence-corrected chi connectivity index (χ4v) is 2.07. The molecular weight excluding hydrogens is 214 g/mol. The third-order valence-corrected chi connectivity index (χ3v) is 3.17. The van der Waals surface area contributed by atoms with Crippen LogP contribution in [0, 0.1) is 0 Å². The third-order valence-electron chi connectivity index (χ3n) is 3.17. The zero-order chi connectivity index (χ0) is 12.1. The van der Waals surface area contributed by atoms with E-state index in [9.17, 15) is 0 Å². The van der Waals surface area contributed by atoms with Crippen molar-refractivity contribution < 1.29 is 4.74 Å². The summed E-state index contributed by atoms with van der Waals surface area (Å²) in [4.78, 5) is 6.74. The number of pyridine rings is 1. The minimum absolute atomic E-state index is 0.104. The van der Waals surface area contributed by atoms with Crippen molar-refractivity contribution in [2.75, 3.05) is 26.2 Å². The third kappa shape index (κ3) is 3.77. The van der Waals surface area contributed by atoms with Gasteiger partial charge in [0.2, 0.25) is 0 Å². The van der Waals surface area contributed by atoms with Crippen LogP contribution in [0.1, 0.15) is 12.6 Å². The van der Waals surface area contributed by atoms with Gasteiger partial charge in [0.15, 0.2) is 0 Å². The highest BCUT2D eigenvalue weighted by Gasteiger charge is 2.22. The monoisotopic (exact) mass is 235 g/mol. The maximum Gasteiger partial charge on any atom is 0.0850 e. The van der Waals surface area contributed by atoms with Gasteiger partial charge in [-0.15, -0.1) is 0 Å². The molecule has 94 valence electrons. The van der Waals surface area contributed by atoms with Crippen molar-refractivity contribution in [3.63, 3.8) is 0 Å². The van der Waals surface area contributed by atoms with E-state index in [4.69, 9.17) is 10.5 Å². The summed E-state index contributed by atoms with van der Waals surface area (Å²) in [5.74, 6) is 0. The molecular formula is C13H21N3O. The second kappa shape index (κ2) is 6.10. The van der Waals surface area contributed by atoms with Gasteiger partial charge in [-0.05, 0) is 19.1 Å². The van der Waals surface area contributed by atoms with Gasteiger partial charge in [0.05, 0.1) is 12.7 Å². The van der Waals surface area contributed by atoms with Gasteiger partial charge >= 0.3 is 0 Å². The summed E-state index contributed by atoms with van der Waals surface area (Å²) in [5, 5.41) is 0. The molecule has 2 unspecified atom stereocenters. The molecule has 1 aromatic rings. The fraction of sp³-hybridized carbons (Fsp3) is 0.615. The Labute approximate surface area is 103 Å². The first-order valence-electron chi connectivity index (χ1n) is 6.25. The molecule has 2 N–H and O–H groups in total. The molecule has 0 aliphatic carbocycles. The van der Waals surface area contributed by atoms with Gasteiger partial charge in [0, 0.05) is 44.0 Å². The molecule has 1 aliphatic rings. The first-order valence-corrected chi connectivity index (χ1v) is 6.25. The van der Waals surface area contributed by atoms with Gasteiger partial charge in [0.1, 0.15) is 0 Å². The summed E-state index contributed by atoms with van der Waals surface area (Å²) in [6.07, 6.45) is 3.01. The Kier molecular flexibility index (Phi) is 4.48. The molecule has 1 saturated heterocycles. The van der Waals surface area contributed by atoms with Gasteiger partial charge in [-0.25, -0.2) is 0 Å². The quantitative estimate of drug-likeness (QED) is 0.833. The van der Waals surface area contributed by atoms with Crippen LogP contribution < -0.4 is 5.73 Å². The number of rotatable bonds is 4. The molecule has 4 nitrogen and oxygen atoms in total. The number of ether oxygens (including phenoxy) is 1. The standard InChI is InChI=1S/C13H21N3O/c1-11(14)13-10-16(8-9-17-13)7-5-12-4-2-3-6-15-12/h2-4,6,11,13H,5,7-10,14H2,1H3. The van der Waals surface area contributed by atoms with E-state index in [0.717, 1.165) is 38.4 Å². The number of nitrogens with zero attached hydrogens (tertiary/aromatic N) is 2. The molecule has 2 rings (SSSR count). The summed E-state index contributed by atoms with van der Waals surface area (Å²) in [5.41, 5.74) is 7.02. The van der Waals surface area contributed by atoms with Gasteiger partial charge in [-0.2, -0.15) is 0 Å². The van der Waals surface area contributed by atoms with Crippen LogP contribution >= 0.6 is 0 Å². The molecule has 1 fully saturated rings. The lowest BCUT2D eigenvalue weighted by molar-refractivity contribution is -0.0372. The molecule has 0 saturated carbocycles. The summed E-state index contributed by atoms with van der Waals surface area (Å²) in [6, 6.07) is 6.16. The zero-order valence-electron chi connectivity index (χ0n) is 10.4. The second-order valence-corrected chi connectivity index (χ2v) is 4.64. The summed E-state index contributed by atoms with van der Waals surface area (Å²) >= 11 is 0. The van der Waals surface area contributed by atoms with Crippen LogP contribution in [0.5, 0.6) is 0 Å². The van der Waals surface area contributed by atoms with E-state index >= 15 is 0 Å². The van der Waals surface area contributed by atoms with Crippen LogP contribution in [-0.4, -0.2) is 48.3 Å². The lowest BCUT2D eigenvalue weighted by atomic mass is 10.1. The van der Waals surface area contributed by atoms with E-state index in [2.05, 4.69) is 16.0 Å². The maximum atomic E-state index is 5.87. The minimum atomic E-state index is 0.104. The van der Waals surface area contributed by atoms with Crippen molar-refractivity contribution in [1.29, 1.82) is 0 Å². The molecule has 0 radical (unpaired) electrons. The molecule has 17 heavy (non-hydrogen) atoms. The highest BCUT2D eigenvalue weighted by atomic mass is 16.5. The van der Waals surface area contributed by atoms with Gasteiger partial charge < -0.3 is 10.5 Å². The molecule has 0 bridgehead atoms. The van der Waals surface area contributed by atoms with Crippen molar-refractivity contribution in [1.82, 2.24) is 9.88 Å². The number of aromatic nitrogens is 1. The molecule has 0 amide bonds. The Morgan fingerprint density at radius 1 is 1.59 bits per heavy atom. The Bertz CT molecular complexity index is 329. The van der Waals surface area contributed by atoms with E-state index in [1.54, 1.807) is 0 Å². The number of hydrogen-bond donors (Lipinski definition) is 1. The molecule has 0 aromatic carbocycles. The highest BCUT2D eigenvalue weighted by molar-refractivity contribution is 5.03. The van der Waals surface area contributed by atoms with Crippen molar-refractivity contribution in [2.45, 2.75) is 25.5 Å². The average Bonchev–Trinajstić information content (AvgIpc) is 2.38. The Hall–Kier alpha value is -0.970. The van der Waals surface area contributed by atoms with Crippen LogP contribution in [0.4, 0.5) is 0 Å². The maximum absolute atomic E-state index is 5.87. The summed E-state index contributed by atoms with van der Waals surface area (Å²) in [6.45, 7) is 5.76. The van der Waals surface area contributed by atoms with E-state index in [-0.39, 0.29) is 12.1 Å². The molecule has 4 heteroatoms. The van der Waals surface area contributed by atoms with Crippen LogP contribution in [0.25, 0.3) is 0 Å². The number of hydrogen-bond acceptors (Lipinski definition) is 4. The highest BCUT2D eigenvalue weighted by Crippen LogP contribution is 2.08. The first kappa shape index (κ1) is 12.5. The van der Waals surface area contributed by atoms with Crippen LogP contribution in [0.2, 0.25) is 0 Å². The van der Waals surface area contributed by atoms with Crippen LogP contribution in [-0.2, 0) is 11.2 Å². The number of morpholine rings is 1. The lowest BCUT2D eigenvalue weighted by Gasteiger charge is -2.34. The van der Waals surface area contributed by atoms with Crippen molar-refractivity contribution in [2.24, 2.45) is 5.73 Å². The van der Waals surface area contributed by atoms with Gasteiger partial charge in [0.25, 0.3) is 0 Å². The van der Waals surface area contributed by atoms with Gasteiger partial charge in [-0.1, -0.05) is 6.07 Å². The molecule has 2 atom stereocenters. The topological polar surface area (TPSA) is 51.4 Å². The van der Waals surface area contributed by atoms with E-state index < -0.39 is 0 Å². The summed E-state index contributed by atoms with van der Waals surface area (Å²) in [7, 11) is 0. The van der Waals surface area contributed by atoms with E-state index in [0.29, 0.717) is 0 Å². The van der Waals surface area contributed by atoms with E-state index in [1.807, 2.05) is 25.3 Å². The van der Waals surface area contributed by atoms with E-state index in [1.165, 1.54) is 0 Å². The Morgan fingerprint density at radius 3 is 3.18 bits per heavy atom. The van der Waals surface area contributed by atoms with Gasteiger partial charge in [-0.3, -0.25) is 9.88 Å². The van der Waals surface area contributed by atoms with Crippen LogP contribution in [0.15, 0.2) is 24.4 Å². The fourth-order valence-electron chi connectivity index (χ4n) is 2.07. The Balaban J connectivity index is 1.79.